The van der Waals surface area contributed by atoms with Crippen LogP contribution in [0, 0.1) is 0 Å². The van der Waals surface area contributed by atoms with Crippen LogP contribution in [0.3, 0.4) is 0 Å². The molecule has 0 aromatic heterocycles. The number of amides is 1. The molecule has 0 radical (unpaired) electrons. The minimum absolute atomic E-state index is 0.0335. The van der Waals surface area contributed by atoms with Gasteiger partial charge in [-0.05, 0) is 19.8 Å². The third-order valence-corrected chi connectivity index (χ3v) is 3.23. The molecular weight excluding hydrogens is 190 g/mol. The minimum Gasteiger partial charge on any atom is -0.347 e. The summed E-state index contributed by atoms with van der Waals surface area (Å²) in [6.45, 7) is 3.43. The minimum atomic E-state index is -0.0335. The van der Waals surface area contributed by atoms with E-state index in [2.05, 4.69) is 4.90 Å². The van der Waals surface area contributed by atoms with E-state index < -0.39 is 0 Å². The zero-order valence-electron chi connectivity index (χ0n) is 10.1. The maximum Gasteiger partial charge on any atom is 0.239 e. The van der Waals surface area contributed by atoms with E-state index >= 15 is 0 Å². The van der Waals surface area contributed by atoms with Gasteiger partial charge in [-0.3, -0.25) is 9.69 Å². The molecular formula is C11H23N3O. The molecule has 1 aliphatic rings. The monoisotopic (exact) mass is 213 g/mol. The van der Waals surface area contributed by atoms with E-state index in [0.717, 1.165) is 6.54 Å². The second kappa shape index (κ2) is 5.47. The Labute approximate surface area is 92.4 Å². The van der Waals surface area contributed by atoms with Crippen molar-refractivity contribution in [1.82, 2.24) is 9.80 Å². The molecule has 0 spiro atoms. The molecule has 0 bridgehead atoms. The molecule has 1 amide bonds. The highest BCUT2D eigenvalue weighted by Gasteiger charge is 2.31. The van der Waals surface area contributed by atoms with Gasteiger partial charge in [0, 0.05) is 33.2 Å². The number of hydrogen-bond donors (Lipinski definition) is 1. The molecule has 0 saturated heterocycles. The summed E-state index contributed by atoms with van der Waals surface area (Å²) in [5, 5.41) is 0. The van der Waals surface area contributed by atoms with Gasteiger partial charge in [0.15, 0.2) is 0 Å². The Morgan fingerprint density at radius 3 is 2.40 bits per heavy atom. The lowest BCUT2D eigenvalue weighted by Gasteiger charge is -2.41. The van der Waals surface area contributed by atoms with Crippen molar-refractivity contribution in [1.29, 1.82) is 0 Å². The molecule has 4 heteroatoms. The fourth-order valence-electron chi connectivity index (χ4n) is 2.08. The third kappa shape index (κ3) is 2.92. The van der Waals surface area contributed by atoms with E-state index in [1.807, 2.05) is 6.92 Å². The van der Waals surface area contributed by atoms with Crippen molar-refractivity contribution >= 4 is 5.91 Å². The highest BCUT2D eigenvalue weighted by Crippen LogP contribution is 2.26. The topological polar surface area (TPSA) is 49.6 Å². The van der Waals surface area contributed by atoms with Crippen molar-refractivity contribution < 1.29 is 4.79 Å². The van der Waals surface area contributed by atoms with Gasteiger partial charge in [0.25, 0.3) is 0 Å². The predicted octanol–water partition coefficient (Wildman–Crippen LogP) is 0.276. The molecule has 1 rings (SSSR count). The van der Waals surface area contributed by atoms with Crippen LogP contribution in [0.1, 0.15) is 26.2 Å². The van der Waals surface area contributed by atoms with E-state index in [1.165, 1.54) is 19.3 Å². The van der Waals surface area contributed by atoms with Gasteiger partial charge in [-0.25, -0.2) is 0 Å². The molecule has 0 heterocycles. The lowest BCUT2D eigenvalue weighted by molar-refractivity contribution is -0.135. The third-order valence-electron chi connectivity index (χ3n) is 3.23. The molecule has 4 nitrogen and oxygen atoms in total. The summed E-state index contributed by atoms with van der Waals surface area (Å²) in [5.41, 5.74) is 5.59. The van der Waals surface area contributed by atoms with Crippen molar-refractivity contribution in [2.24, 2.45) is 5.73 Å². The number of likely N-dealkylation sites (N-methyl/N-ethyl adjacent to an activating group) is 1. The zero-order valence-corrected chi connectivity index (χ0v) is 10.1. The van der Waals surface area contributed by atoms with Crippen LogP contribution in [0.5, 0.6) is 0 Å². The van der Waals surface area contributed by atoms with Gasteiger partial charge in [0.05, 0.1) is 6.04 Å². The molecule has 1 saturated carbocycles. The Balaban J connectivity index is 2.57. The Hall–Kier alpha value is -0.610. The molecule has 0 aliphatic heterocycles. The van der Waals surface area contributed by atoms with Crippen molar-refractivity contribution in [2.45, 2.75) is 38.3 Å². The van der Waals surface area contributed by atoms with Crippen LogP contribution in [0.2, 0.25) is 0 Å². The average molecular weight is 213 g/mol. The first kappa shape index (κ1) is 12.5. The summed E-state index contributed by atoms with van der Waals surface area (Å²) >= 11 is 0. The first-order chi connectivity index (χ1) is 7.07. The van der Waals surface area contributed by atoms with Crippen LogP contribution < -0.4 is 5.73 Å². The van der Waals surface area contributed by atoms with E-state index in [9.17, 15) is 4.79 Å². The van der Waals surface area contributed by atoms with E-state index in [0.29, 0.717) is 12.6 Å². The molecule has 15 heavy (non-hydrogen) atoms. The summed E-state index contributed by atoms with van der Waals surface area (Å²) in [6.07, 6.45) is 3.71. The first-order valence-electron chi connectivity index (χ1n) is 5.75. The Bertz CT molecular complexity index is 214. The first-order valence-corrected chi connectivity index (χ1v) is 5.75. The Morgan fingerprint density at radius 2 is 2.07 bits per heavy atom. The lowest BCUT2D eigenvalue weighted by Crippen LogP contribution is -2.53. The van der Waals surface area contributed by atoms with Crippen molar-refractivity contribution in [3.63, 3.8) is 0 Å². The van der Waals surface area contributed by atoms with E-state index in [-0.39, 0.29) is 11.9 Å². The van der Waals surface area contributed by atoms with Gasteiger partial charge in [0.1, 0.15) is 0 Å². The van der Waals surface area contributed by atoms with Gasteiger partial charge in [0.2, 0.25) is 5.91 Å². The largest absolute Gasteiger partial charge is 0.347 e. The summed E-state index contributed by atoms with van der Waals surface area (Å²) in [6, 6.07) is 0.543. The summed E-state index contributed by atoms with van der Waals surface area (Å²) < 4.78 is 0. The predicted molar refractivity (Wildman–Crippen MR) is 61.6 cm³/mol. The molecule has 0 aromatic rings. The van der Waals surface area contributed by atoms with Gasteiger partial charge in [-0.1, -0.05) is 6.42 Å². The summed E-state index contributed by atoms with van der Waals surface area (Å²) in [5.74, 6) is 0.176. The second-order valence-corrected chi connectivity index (χ2v) is 4.52. The number of hydrogen-bond acceptors (Lipinski definition) is 3. The van der Waals surface area contributed by atoms with Crippen LogP contribution in [0.4, 0.5) is 0 Å². The number of carbonyl (C=O) groups is 1. The standard InChI is InChI=1S/C11H23N3O/c1-9(11(15)13(2)3)14(8-7-12)10-5-4-6-10/h9-10H,4-8,12H2,1-3H3. The van der Waals surface area contributed by atoms with E-state index in [4.69, 9.17) is 5.73 Å². The quantitative estimate of drug-likeness (QED) is 0.713. The lowest BCUT2D eigenvalue weighted by atomic mass is 9.90. The maximum atomic E-state index is 11.8. The molecule has 0 aromatic carbocycles. The van der Waals surface area contributed by atoms with Crippen molar-refractivity contribution in [2.75, 3.05) is 27.2 Å². The average Bonchev–Trinajstić information content (AvgIpc) is 2.12. The van der Waals surface area contributed by atoms with Gasteiger partial charge >= 0.3 is 0 Å². The summed E-state index contributed by atoms with van der Waals surface area (Å²) in [7, 11) is 3.61. The smallest absolute Gasteiger partial charge is 0.239 e. The Kier molecular flexibility index (Phi) is 4.54. The SMILES string of the molecule is CC(C(=O)N(C)C)N(CCN)C1CCC1. The number of carbonyl (C=O) groups excluding carboxylic acids is 1. The van der Waals surface area contributed by atoms with E-state index in [1.54, 1.807) is 19.0 Å². The zero-order chi connectivity index (χ0) is 11.4. The maximum absolute atomic E-state index is 11.8. The molecule has 88 valence electrons. The van der Waals surface area contributed by atoms with Crippen molar-refractivity contribution in [3.05, 3.63) is 0 Å². The number of rotatable bonds is 5. The second-order valence-electron chi connectivity index (χ2n) is 4.52. The fourth-order valence-corrected chi connectivity index (χ4v) is 2.08. The molecule has 1 atom stereocenters. The van der Waals surface area contributed by atoms with Gasteiger partial charge in [-0.15, -0.1) is 0 Å². The van der Waals surface area contributed by atoms with Crippen LogP contribution in [0.15, 0.2) is 0 Å². The number of nitrogens with zero attached hydrogens (tertiary/aromatic N) is 2. The van der Waals surface area contributed by atoms with Crippen LogP contribution in [0.25, 0.3) is 0 Å². The molecule has 2 N–H and O–H groups in total. The molecule has 1 unspecified atom stereocenters. The summed E-state index contributed by atoms with van der Waals surface area (Å²) in [4.78, 5) is 15.8. The normalized spacial score (nSPS) is 18.7. The highest BCUT2D eigenvalue weighted by molar-refractivity contribution is 5.81. The van der Waals surface area contributed by atoms with Crippen LogP contribution >= 0.6 is 0 Å². The van der Waals surface area contributed by atoms with Gasteiger partial charge in [-0.2, -0.15) is 0 Å². The van der Waals surface area contributed by atoms with Crippen molar-refractivity contribution in [3.8, 4) is 0 Å². The van der Waals surface area contributed by atoms with Crippen LogP contribution in [-0.4, -0.2) is 55.0 Å². The Morgan fingerprint density at radius 1 is 1.47 bits per heavy atom. The van der Waals surface area contributed by atoms with Crippen LogP contribution in [-0.2, 0) is 4.79 Å². The molecule has 1 fully saturated rings. The fraction of sp³-hybridized carbons (Fsp3) is 0.909. The highest BCUT2D eigenvalue weighted by atomic mass is 16.2. The van der Waals surface area contributed by atoms with Gasteiger partial charge < -0.3 is 10.6 Å². The molecule has 1 aliphatic carbocycles. The number of nitrogens with two attached hydrogens (primary N) is 1.